The Morgan fingerprint density at radius 1 is 1.38 bits per heavy atom. The highest BCUT2D eigenvalue weighted by Crippen LogP contribution is 2.37. The minimum absolute atomic E-state index is 0.0318. The quantitative estimate of drug-likeness (QED) is 0.899. The van der Waals surface area contributed by atoms with Crippen molar-refractivity contribution in [3.63, 3.8) is 0 Å². The zero-order chi connectivity index (χ0) is 12.3. The number of ether oxygens (including phenoxy) is 1. The molecule has 90 valence electrons. The summed E-state index contributed by atoms with van der Waals surface area (Å²) in [6.07, 6.45) is -4.58. The average Bonchev–Trinajstić information content (AvgIpc) is 2.16. The molecule has 1 rings (SSSR count). The van der Waals surface area contributed by atoms with Gasteiger partial charge in [-0.15, -0.1) is 0 Å². The molecule has 0 aliphatic rings. The Labute approximate surface area is 95.6 Å². The van der Waals surface area contributed by atoms with E-state index in [1.54, 1.807) is 0 Å². The lowest BCUT2D eigenvalue weighted by molar-refractivity contribution is -0.138. The number of benzene rings is 1. The van der Waals surface area contributed by atoms with Gasteiger partial charge in [0.05, 0.1) is 17.7 Å². The van der Waals surface area contributed by atoms with Crippen LogP contribution < -0.4 is 4.74 Å². The Balaban J connectivity index is 3.31. The van der Waals surface area contributed by atoms with Gasteiger partial charge in [0.15, 0.2) is 0 Å². The molecule has 16 heavy (non-hydrogen) atoms. The maximum atomic E-state index is 12.6. The molecule has 0 bridgehead atoms. The SMILES string of the molecule is COc1cc(C(F)(F)F)c(CCO)cc1Cl. The van der Waals surface area contributed by atoms with Gasteiger partial charge in [-0.05, 0) is 24.1 Å². The largest absolute Gasteiger partial charge is 0.495 e. The van der Waals surface area contributed by atoms with Crippen LogP contribution >= 0.6 is 11.6 Å². The first-order valence-electron chi connectivity index (χ1n) is 4.44. The van der Waals surface area contributed by atoms with Crippen molar-refractivity contribution >= 4 is 11.6 Å². The van der Waals surface area contributed by atoms with Gasteiger partial charge >= 0.3 is 6.18 Å². The van der Waals surface area contributed by atoms with E-state index in [4.69, 9.17) is 21.4 Å². The highest BCUT2D eigenvalue weighted by Gasteiger charge is 2.34. The van der Waals surface area contributed by atoms with Crippen molar-refractivity contribution < 1.29 is 23.0 Å². The zero-order valence-corrected chi connectivity index (χ0v) is 9.19. The van der Waals surface area contributed by atoms with Crippen molar-refractivity contribution in [3.8, 4) is 5.75 Å². The lowest BCUT2D eigenvalue weighted by Gasteiger charge is -2.14. The zero-order valence-electron chi connectivity index (χ0n) is 8.44. The lowest BCUT2D eigenvalue weighted by Crippen LogP contribution is -2.10. The molecule has 1 aromatic rings. The summed E-state index contributed by atoms with van der Waals surface area (Å²) in [5.74, 6) is -0.0318. The van der Waals surface area contributed by atoms with Crippen molar-refractivity contribution in [2.75, 3.05) is 13.7 Å². The van der Waals surface area contributed by atoms with Gasteiger partial charge in [-0.25, -0.2) is 0 Å². The summed E-state index contributed by atoms with van der Waals surface area (Å²) in [6.45, 7) is -0.369. The molecule has 0 saturated heterocycles. The Kier molecular flexibility index (Phi) is 4.04. The number of aliphatic hydroxyl groups is 1. The van der Waals surface area contributed by atoms with Crippen LogP contribution in [0.1, 0.15) is 11.1 Å². The molecular weight excluding hydrogens is 245 g/mol. The van der Waals surface area contributed by atoms with E-state index < -0.39 is 11.7 Å². The monoisotopic (exact) mass is 254 g/mol. The normalized spacial score (nSPS) is 11.6. The van der Waals surface area contributed by atoms with Crippen LogP contribution in [0, 0.1) is 0 Å². The van der Waals surface area contributed by atoms with Crippen LogP contribution in [0.4, 0.5) is 13.2 Å². The maximum Gasteiger partial charge on any atom is 0.416 e. The molecule has 6 heteroatoms. The summed E-state index contributed by atoms with van der Waals surface area (Å²) in [5, 5.41) is 8.78. The molecule has 0 fully saturated rings. The van der Waals surface area contributed by atoms with Crippen LogP contribution in [-0.2, 0) is 12.6 Å². The first-order valence-corrected chi connectivity index (χ1v) is 4.82. The fraction of sp³-hybridized carbons (Fsp3) is 0.400. The van der Waals surface area contributed by atoms with E-state index in [2.05, 4.69) is 0 Å². The van der Waals surface area contributed by atoms with Gasteiger partial charge in [-0.1, -0.05) is 11.6 Å². The maximum absolute atomic E-state index is 12.6. The molecule has 0 aliphatic carbocycles. The summed E-state index contributed by atoms with van der Waals surface area (Å²) in [7, 11) is 1.24. The number of hydrogen-bond donors (Lipinski definition) is 1. The Morgan fingerprint density at radius 2 is 2.00 bits per heavy atom. The molecule has 2 nitrogen and oxygen atoms in total. The molecule has 1 N–H and O–H groups in total. The number of hydrogen-bond acceptors (Lipinski definition) is 2. The summed E-state index contributed by atoms with van der Waals surface area (Å²) >= 11 is 5.71. The standard InChI is InChI=1S/C10H10ClF3O2/c1-16-9-5-7(10(12,13)14)6(2-3-15)4-8(9)11/h4-5,15H,2-3H2,1H3. The molecule has 0 radical (unpaired) electrons. The average molecular weight is 255 g/mol. The molecule has 0 amide bonds. The third-order valence-electron chi connectivity index (χ3n) is 2.06. The van der Waals surface area contributed by atoms with E-state index in [9.17, 15) is 13.2 Å². The molecule has 0 unspecified atom stereocenters. The Morgan fingerprint density at radius 3 is 2.44 bits per heavy atom. The van der Waals surface area contributed by atoms with Crippen molar-refractivity contribution in [2.45, 2.75) is 12.6 Å². The van der Waals surface area contributed by atoms with Crippen LogP contribution in [0.2, 0.25) is 5.02 Å². The first kappa shape index (κ1) is 13.1. The van der Waals surface area contributed by atoms with E-state index in [1.165, 1.54) is 13.2 Å². The number of methoxy groups -OCH3 is 1. The highest BCUT2D eigenvalue weighted by atomic mass is 35.5. The van der Waals surface area contributed by atoms with Crippen LogP contribution in [0.25, 0.3) is 0 Å². The highest BCUT2D eigenvalue weighted by molar-refractivity contribution is 6.32. The second kappa shape index (κ2) is 4.93. The van der Waals surface area contributed by atoms with Gasteiger partial charge in [-0.2, -0.15) is 13.2 Å². The summed E-state index contributed by atoms with van der Waals surface area (Å²) < 4.78 is 42.6. The number of aliphatic hydroxyl groups excluding tert-OH is 1. The minimum atomic E-state index is -4.48. The molecule has 0 aliphatic heterocycles. The van der Waals surface area contributed by atoms with Gasteiger partial charge in [0, 0.05) is 6.61 Å². The van der Waals surface area contributed by atoms with Gasteiger partial charge in [0.2, 0.25) is 0 Å². The van der Waals surface area contributed by atoms with Crippen LogP contribution in [-0.4, -0.2) is 18.8 Å². The number of halogens is 4. The van der Waals surface area contributed by atoms with E-state index >= 15 is 0 Å². The van der Waals surface area contributed by atoms with Crippen molar-refractivity contribution in [1.29, 1.82) is 0 Å². The Bertz CT molecular complexity index is 377. The lowest BCUT2D eigenvalue weighted by atomic mass is 10.0. The van der Waals surface area contributed by atoms with Gasteiger partial charge in [0.25, 0.3) is 0 Å². The van der Waals surface area contributed by atoms with Crippen LogP contribution in [0.15, 0.2) is 12.1 Å². The van der Waals surface area contributed by atoms with Crippen molar-refractivity contribution in [2.24, 2.45) is 0 Å². The van der Waals surface area contributed by atoms with Crippen molar-refractivity contribution in [1.82, 2.24) is 0 Å². The van der Waals surface area contributed by atoms with Crippen LogP contribution in [0.3, 0.4) is 0 Å². The van der Waals surface area contributed by atoms with Crippen LogP contribution in [0.5, 0.6) is 5.75 Å². The fourth-order valence-corrected chi connectivity index (χ4v) is 1.61. The van der Waals surface area contributed by atoms with Gasteiger partial charge in [-0.3, -0.25) is 0 Å². The van der Waals surface area contributed by atoms with E-state index in [1.807, 2.05) is 0 Å². The van der Waals surface area contributed by atoms with E-state index in [-0.39, 0.29) is 29.4 Å². The third kappa shape index (κ3) is 2.80. The number of rotatable bonds is 3. The predicted octanol–water partition coefficient (Wildman–Crippen LogP) is 2.90. The van der Waals surface area contributed by atoms with Gasteiger partial charge < -0.3 is 9.84 Å². The Hall–Kier alpha value is -0.940. The van der Waals surface area contributed by atoms with Gasteiger partial charge in [0.1, 0.15) is 5.75 Å². The first-order chi connectivity index (χ1) is 7.40. The van der Waals surface area contributed by atoms with E-state index in [0.29, 0.717) is 0 Å². The molecule has 0 atom stereocenters. The molecular formula is C10H10ClF3O2. The smallest absolute Gasteiger partial charge is 0.416 e. The topological polar surface area (TPSA) is 29.5 Å². The predicted molar refractivity (Wildman–Crippen MR) is 53.8 cm³/mol. The summed E-state index contributed by atoms with van der Waals surface area (Å²) in [4.78, 5) is 0. The molecule has 0 spiro atoms. The second-order valence-corrected chi connectivity index (χ2v) is 3.52. The molecule has 1 aromatic carbocycles. The minimum Gasteiger partial charge on any atom is -0.495 e. The molecule has 0 aromatic heterocycles. The summed E-state index contributed by atoms with van der Waals surface area (Å²) in [5.41, 5.74) is -0.872. The summed E-state index contributed by atoms with van der Waals surface area (Å²) in [6, 6.07) is 2.01. The number of alkyl halides is 3. The molecule has 0 heterocycles. The molecule has 0 saturated carbocycles. The van der Waals surface area contributed by atoms with Crippen molar-refractivity contribution in [3.05, 3.63) is 28.3 Å². The third-order valence-corrected chi connectivity index (χ3v) is 2.36. The van der Waals surface area contributed by atoms with E-state index in [0.717, 1.165) is 6.07 Å². The second-order valence-electron chi connectivity index (χ2n) is 3.12. The fourth-order valence-electron chi connectivity index (χ4n) is 1.34.